The Morgan fingerprint density at radius 2 is 0.439 bits per heavy atom. The van der Waals surface area contributed by atoms with Crippen LogP contribution in [0.2, 0.25) is 0 Å². The Morgan fingerprint density at radius 3 is 0.754 bits per heavy atom. The Kier molecular flexibility index (Phi) is 8.78. The molecule has 0 aliphatic rings. The van der Waals surface area contributed by atoms with Gasteiger partial charge in [-0.25, -0.2) is 19.9 Å². The molecule has 0 saturated carbocycles. The number of hydrogen-bond acceptors (Lipinski definition) is 5. The van der Waals surface area contributed by atoms with Gasteiger partial charge in [-0.15, -0.1) is 0 Å². The van der Waals surface area contributed by atoms with E-state index >= 15 is 0 Å². The van der Waals surface area contributed by atoms with Crippen LogP contribution in [0.4, 0.5) is 17.1 Å². The van der Waals surface area contributed by atoms with Gasteiger partial charge in [-0.2, -0.15) is 0 Å². The van der Waals surface area contributed by atoms with E-state index in [2.05, 4.69) is 126 Å². The molecule has 0 spiro atoms. The molecule has 268 valence electrons. The maximum atomic E-state index is 5.15. The maximum Gasteiger partial charge on any atom is 0.0973 e. The van der Waals surface area contributed by atoms with Crippen molar-refractivity contribution < 1.29 is 0 Å². The van der Waals surface area contributed by atoms with Crippen LogP contribution in [0.25, 0.3) is 78.2 Å². The van der Waals surface area contributed by atoms with Gasteiger partial charge in [-0.1, -0.05) is 152 Å². The van der Waals surface area contributed by atoms with Gasteiger partial charge in [0, 0.05) is 39.3 Å². The van der Waals surface area contributed by atoms with Crippen molar-refractivity contribution in [3.05, 3.63) is 212 Å². The zero-order chi connectivity index (χ0) is 38.0. The molecule has 0 aliphatic carbocycles. The third-order valence-corrected chi connectivity index (χ3v) is 10.3. The molecule has 8 aromatic carbocycles. The van der Waals surface area contributed by atoms with Crippen LogP contribution in [0.5, 0.6) is 0 Å². The number of benzene rings is 8. The zero-order valence-corrected chi connectivity index (χ0v) is 30.9. The standard InChI is InChI=1S/C52H35N5/c1-4-14-36(15-5-1)37-24-30-42(31-25-37)57(43-32-26-40(27-33-43)51-49(38-16-6-2-7-17-38)53-45-20-10-12-22-47(45)55-51)44-34-28-41(29-35-44)52-50(39-18-8-3-9-19-39)54-46-21-11-13-23-48(46)56-52/h1-35H. The van der Waals surface area contributed by atoms with E-state index in [1.807, 2.05) is 91.0 Å². The average Bonchev–Trinajstić information content (AvgIpc) is 3.30. The molecule has 0 aliphatic heterocycles. The Labute approximate surface area is 331 Å². The van der Waals surface area contributed by atoms with Gasteiger partial charge < -0.3 is 4.90 Å². The molecule has 0 fully saturated rings. The van der Waals surface area contributed by atoms with E-state index in [1.165, 1.54) is 5.56 Å². The van der Waals surface area contributed by atoms with Crippen molar-refractivity contribution in [1.29, 1.82) is 0 Å². The largest absolute Gasteiger partial charge is 0.311 e. The summed E-state index contributed by atoms with van der Waals surface area (Å²) in [5.41, 5.74) is 16.4. The lowest BCUT2D eigenvalue weighted by Crippen LogP contribution is -2.10. The lowest BCUT2D eigenvalue weighted by atomic mass is 10.0. The minimum absolute atomic E-state index is 0.847. The summed E-state index contributed by atoms with van der Waals surface area (Å²) in [4.78, 5) is 22.8. The van der Waals surface area contributed by atoms with Crippen molar-refractivity contribution in [3.63, 3.8) is 0 Å². The maximum absolute atomic E-state index is 5.15. The fraction of sp³-hybridized carbons (Fsp3) is 0. The van der Waals surface area contributed by atoms with Gasteiger partial charge in [0.25, 0.3) is 0 Å². The van der Waals surface area contributed by atoms with Crippen LogP contribution in [0, 0.1) is 0 Å². The van der Waals surface area contributed by atoms with E-state index in [1.54, 1.807) is 0 Å². The fourth-order valence-electron chi connectivity index (χ4n) is 7.41. The Balaban J connectivity index is 1.07. The van der Waals surface area contributed by atoms with E-state index in [0.29, 0.717) is 0 Å². The summed E-state index contributed by atoms with van der Waals surface area (Å²) in [5, 5.41) is 0. The van der Waals surface area contributed by atoms with Crippen molar-refractivity contribution in [2.75, 3.05) is 4.90 Å². The molecule has 5 nitrogen and oxygen atoms in total. The number of hydrogen-bond donors (Lipinski definition) is 0. The molecular formula is C52H35N5. The molecule has 10 aromatic rings. The van der Waals surface area contributed by atoms with E-state index < -0.39 is 0 Å². The molecule has 0 bridgehead atoms. The third-order valence-electron chi connectivity index (χ3n) is 10.3. The van der Waals surface area contributed by atoms with Crippen LogP contribution in [0.3, 0.4) is 0 Å². The molecule has 10 rings (SSSR count). The highest BCUT2D eigenvalue weighted by Crippen LogP contribution is 2.40. The summed E-state index contributed by atoms with van der Waals surface area (Å²) >= 11 is 0. The lowest BCUT2D eigenvalue weighted by Gasteiger charge is -2.26. The van der Waals surface area contributed by atoms with Gasteiger partial charge in [0.15, 0.2) is 0 Å². The van der Waals surface area contributed by atoms with Crippen LogP contribution < -0.4 is 4.90 Å². The van der Waals surface area contributed by atoms with Gasteiger partial charge in [-0.05, 0) is 71.8 Å². The number of fused-ring (bicyclic) bond motifs is 2. The summed E-state index contributed by atoms with van der Waals surface area (Å²) in [5.74, 6) is 0. The van der Waals surface area contributed by atoms with Crippen LogP contribution in [-0.4, -0.2) is 19.9 Å². The predicted octanol–water partition coefficient (Wildman–Crippen LogP) is 13.4. The second-order valence-electron chi connectivity index (χ2n) is 13.9. The van der Waals surface area contributed by atoms with E-state index in [9.17, 15) is 0 Å². The monoisotopic (exact) mass is 729 g/mol. The van der Waals surface area contributed by atoms with E-state index in [-0.39, 0.29) is 0 Å². The van der Waals surface area contributed by atoms with Crippen molar-refractivity contribution in [3.8, 4) is 56.2 Å². The third kappa shape index (κ3) is 6.68. The van der Waals surface area contributed by atoms with E-state index in [4.69, 9.17) is 19.9 Å². The second kappa shape index (κ2) is 14.8. The van der Waals surface area contributed by atoms with E-state index in [0.717, 1.165) is 89.7 Å². The van der Waals surface area contributed by atoms with Gasteiger partial charge in [0.1, 0.15) is 0 Å². The highest BCUT2D eigenvalue weighted by molar-refractivity contribution is 5.89. The first kappa shape index (κ1) is 33.8. The predicted molar refractivity (Wildman–Crippen MR) is 234 cm³/mol. The fourth-order valence-corrected chi connectivity index (χ4v) is 7.41. The van der Waals surface area contributed by atoms with Crippen molar-refractivity contribution in [2.45, 2.75) is 0 Å². The number of rotatable bonds is 8. The van der Waals surface area contributed by atoms with Gasteiger partial charge in [0.2, 0.25) is 0 Å². The molecule has 0 radical (unpaired) electrons. The first-order valence-electron chi connectivity index (χ1n) is 19.1. The highest BCUT2D eigenvalue weighted by Gasteiger charge is 2.18. The summed E-state index contributed by atoms with van der Waals surface area (Å²) in [6.45, 7) is 0. The Hall–Kier alpha value is -7.76. The quantitative estimate of drug-likeness (QED) is 0.156. The summed E-state index contributed by atoms with van der Waals surface area (Å²) in [7, 11) is 0. The molecule has 0 unspecified atom stereocenters. The van der Waals surface area contributed by atoms with Crippen LogP contribution in [0.15, 0.2) is 212 Å². The highest BCUT2D eigenvalue weighted by atomic mass is 15.1. The average molecular weight is 730 g/mol. The minimum atomic E-state index is 0.847. The Bertz CT molecular complexity index is 2800. The smallest absolute Gasteiger partial charge is 0.0973 e. The number of aromatic nitrogens is 4. The molecule has 57 heavy (non-hydrogen) atoms. The molecule has 0 atom stereocenters. The second-order valence-corrected chi connectivity index (χ2v) is 13.9. The summed E-state index contributed by atoms with van der Waals surface area (Å²) < 4.78 is 0. The van der Waals surface area contributed by atoms with Crippen LogP contribution in [0.1, 0.15) is 0 Å². The number of nitrogens with zero attached hydrogens (tertiary/aromatic N) is 5. The molecule has 2 heterocycles. The SMILES string of the molecule is c1ccc(-c2ccc(N(c3ccc(-c4nc5ccccc5nc4-c4ccccc4)cc3)c3ccc(-c4nc5ccccc5nc4-c4ccccc4)cc3)cc2)cc1. The molecule has 0 amide bonds. The number of anilines is 3. The van der Waals surface area contributed by atoms with Crippen molar-refractivity contribution >= 4 is 39.1 Å². The molecule has 5 heteroatoms. The Morgan fingerprint density at radius 1 is 0.211 bits per heavy atom. The van der Waals surface area contributed by atoms with Crippen molar-refractivity contribution in [1.82, 2.24) is 19.9 Å². The zero-order valence-electron chi connectivity index (χ0n) is 30.9. The number of para-hydroxylation sites is 4. The molecule has 0 saturated heterocycles. The minimum Gasteiger partial charge on any atom is -0.311 e. The van der Waals surface area contributed by atoms with Gasteiger partial charge >= 0.3 is 0 Å². The topological polar surface area (TPSA) is 54.8 Å². The van der Waals surface area contributed by atoms with Crippen molar-refractivity contribution in [2.24, 2.45) is 0 Å². The summed E-state index contributed by atoms with van der Waals surface area (Å²) in [6, 6.07) is 73.2. The first-order chi connectivity index (χ1) is 28.2. The van der Waals surface area contributed by atoms with Crippen LogP contribution >= 0.6 is 0 Å². The lowest BCUT2D eigenvalue weighted by molar-refractivity contribution is 1.26. The normalized spacial score (nSPS) is 11.2. The van der Waals surface area contributed by atoms with Gasteiger partial charge in [0.05, 0.1) is 44.8 Å². The molecular weight excluding hydrogens is 695 g/mol. The molecule has 0 N–H and O–H groups in total. The van der Waals surface area contributed by atoms with Gasteiger partial charge in [-0.3, -0.25) is 0 Å². The summed E-state index contributed by atoms with van der Waals surface area (Å²) in [6.07, 6.45) is 0. The van der Waals surface area contributed by atoms with Crippen LogP contribution in [-0.2, 0) is 0 Å². The molecule has 2 aromatic heterocycles. The first-order valence-corrected chi connectivity index (χ1v) is 19.1.